The average molecular weight is 381 g/mol. The molecule has 1 aromatic carbocycles. The third-order valence-corrected chi connectivity index (χ3v) is 5.29. The lowest BCUT2D eigenvalue weighted by Crippen LogP contribution is -2.38. The quantitative estimate of drug-likeness (QED) is 0.665. The summed E-state index contributed by atoms with van der Waals surface area (Å²) in [7, 11) is 0. The first-order valence-electron chi connectivity index (χ1n) is 8.50. The molecule has 2 aromatic rings. The fourth-order valence-electron chi connectivity index (χ4n) is 2.66. The van der Waals surface area contributed by atoms with Gasteiger partial charge in [0, 0.05) is 17.3 Å². The van der Waals surface area contributed by atoms with E-state index in [2.05, 4.69) is 24.1 Å². The molecule has 25 heavy (non-hydrogen) atoms. The zero-order chi connectivity index (χ0) is 18.1. The van der Waals surface area contributed by atoms with Gasteiger partial charge < -0.3 is 9.73 Å². The predicted molar refractivity (Wildman–Crippen MR) is 105 cm³/mol. The number of carbonyl (C=O) groups is 1. The highest BCUT2D eigenvalue weighted by atomic mass is 35.5. The van der Waals surface area contributed by atoms with E-state index in [1.54, 1.807) is 18.0 Å². The lowest BCUT2D eigenvalue weighted by atomic mass is 10.2. The number of halogens is 1. The molecule has 0 aliphatic carbocycles. The van der Waals surface area contributed by atoms with Crippen molar-refractivity contribution in [3.05, 3.63) is 59.0 Å². The van der Waals surface area contributed by atoms with E-state index in [9.17, 15) is 4.79 Å². The number of likely N-dealkylation sites (N-methyl/N-ethyl adjacent to an activating group) is 1. The van der Waals surface area contributed by atoms with Crippen molar-refractivity contribution in [1.82, 2.24) is 10.2 Å². The van der Waals surface area contributed by atoms with Gasteiger partial charge in [-0.3, -0.25) is 9.69 Å². The van der Waals surface area contributed by atoms with E-state index < -0.39 is 0 Å². The van der Waals surface area contributed by atoms with Gasteiger partial charge >= 0.3 is 0 Å². The first kappa shape index (κ1) is 19.9. The van der Waals surface area contributed by atoms with E-state index in [1.807, 2.05) is 36.4 Å². The van der Waals surface area contributed by atoms with Crippen molar-refractivity contribution in [2.24, 2.45) is 0 Å². The molecule has 2 rings (SSSR count). The van der Waals surface area contributed by atoms with Gasteiger partial charge in [0.15, 0.2) is 0 Å². The van der Waals surface area contributed by atoms with Gasteiger partial charge in [0.05, 0.1) is 18.1 Å². The molecule has 1 heterocycles. The molecule has 1 N–H and O–H groups in total. The lowest BCUT2D eigenvalue weighted by Gasteiger charge is -2.28. The maximum absolute atomic E-state index is 12.2. The Morgan fingerprint density at radius 3 is 2.56 bits per heavy atom. The monoisotopic (exact) mass is 380 g/mol. The molecule has 4 nitrogen and oxygen atoms in total. The SMILES string of the molecule is CCN(CC)C(CNC(=O)CSCc1ccc(Cl)cc1)c1ccco1. The Balaban J connectivity index is 1.79. The molecule has 1 aromatic heterocycles. The van der Waals surface area contributed by atoms with Crippen molar-refractivity contribution in [2.75, 3.05) is 25.4 Å². The van der Waals surface area contributed by atoms with E-state index in [0.717, 1.165) is 29.6 Å². The molecule has 6 heteroatoms. The van der Waals surface area contributed by atoms with E-state index in [-0.39, 0.29) is 11.9 Å². The number of benzene rings is 1. The maximum atomic E-state index is 12.2. The normalized spacial score (nSPS) is 12.3. The molecule has 0 spiro atoms. The number of amides is 1. The number of nitrogens with one attached hydrogen (secondary N) is 1. The molecule has 0 bridgehead atoms. The number of thioether (sulfide) groups is 1. The summed E-state index contributed by atoms with van der Waals surface area (Å²) < 4.78 is 5.55. The van der Waals surface area contributed by atoms with Crippen LogP contribution in [0.5, 0.6) is 0 Å². The minimum atomic E-state index is 0.0441. The van der Waals surface area contributed by atoms with Gasteiger partial charge in [-0.05, 0) is 42.9 Å². The molecular weight excluding hydrogens is 356 g/mol. The summed E-state index contributed by atoms with van der Waals surface area (Å²) in [5, 5.41) is 3.76. The van der Waals surface area contributed by atoms with Crippen LogP contribution in [-0.2, 0) is 10.5 Å². The average Bonchev–Trinajstić information content (AvgIpc) is 3.14. The van der Waals surface area contributed by atoms with Crippen molar-refractivity contribution in [1.29, 1.82) is 0 Å². The van der Waals surface area contributed by atoms with Crippen LogP contribution in [0, 0.1) is 0 Å². The predicted octanol–water partition coefficient (Wildman–Crippen LogP) is 4.37. The summed E-state index contributed by atoms with van der Waals surface area (Å²) in [5.41, 5.74) is 1.17. The van der Waals surface area contributed by atoms with E-state index in [4.69, 9.17) is 16.0 Å². The molecule has 1 amide bonds. The smallest absolute Gasteiger partial charge is 0.230 e. The first-order chi connectivity index (χ1) is 12.1. The Morgan fingerprint density at radius 1 is 1.24 bits per heavy atom. The molecule has 0 saturated carbocycles. The Hall–Kier alpha value is -1.43. The molecule has 0 aliphatic heterocycles. The van der Waals surface area contributed by atoms with Crippen molar-refractivity contribution in [3.63, 3.8) is 0 Å². The zero-order valence-electron chi connectivity index (χ0n) is 14.7. The third kappa shape index (κ3) is 6.42. The zero-order valence-corrected chi connectivity index (χ0v) is 16.3. The summed E-state index contributed by atoms with van der Waals surface area (Å²) in [5.74, 6) is 2.16. The minimum absolute atomic E-state index is 0.0441. The second-order valence-corrected chi connectivity index (χ2v) is 7.10. The van der Waals surface area contributed by atoms with Crippen LogP contribution < -0.4 is 5.32 Å². The topological polar surface area (TPSA) is 45.5 Å². The van der Waals surface area contributed by atoms with Crippen LogP contribution in [0.1, 0.15) is 31.2 Å². The van der Waals surface area contributed by atoms with E-state index in [0.29, 0.717) is 12.3 Å². The van der Waals surface area contributed by atoms with Crippen LogP contribution in [0.15, 0.2) is 47.1 Å². The van der Waals surface area contributed by atoms with Gasteiger partial charge in [-0.25, -0.2) is 0 Å². The molecule has 1 atom stereocenters. The second kappa shape index (κ2) is 10.5. The fraction of sp³-hybridized carbons (Fsp3) is 0.421. The highest BCUT2D eigenvalue weighted by Crippen LogP contribution is 2.20. The van der Waals surface area contributed by atoms with Gasteiger partial charge in [0.2, 0.25) is 5.91 Å². The summed E-state index contributed by atoms with van der Waals surface area (Å²) >= 11 is 7.47. The number of rotatable bonds is 10. The second-order valence-electron chi connectivity index (χ2n) is 5.68. The molecule has 1 unspecified atom stereocenters. The standard InChI is InChI=1S/C19H25ClN2O2S/c1-3-22(4-2)17(18-6-5-11-24-18)12-21-19(23)14-25-13-15-7-9-16(20)10-8-15/h5-11,17H,3-4,12-14H2,1-2H3,(H,21,23). The Bertz CT molecular complexity index is 627. The Kier molecular flexibility index (Phi) is 8.38. The van der Waals surface area contributed by atoms with Crippen LogP contribution in [0.3, 0.4) is 0 Å². The largest absolute Gasteiger partial charge is 0.468 e. The van der Waals surface area contributed by atoms with Crippen LogP contribution in [0.4, 0.5) is 0 Å². The number of hydrogen-bond donors (Lipinski definition) is 1. The Labute approximate surface area is 158 Å². The maximum Gasteiger partial charge on any atom is 0.230 e. The lowest BCUT2D eigenvalue weighted by molar-refractivity contribution is -0.118. The van der Waals surface area contributed by atoms with Crippen molar-refractivity contribution in [3.8, 4) is 0 Å². The van der Waals surface area contributed by atoms with Crippen molar-refractivity contribution >= 4 is 29.3 Å². The summed E-state index contributed by atoms with van der Waals surface area (Å²) in [4.78, 5) is 14.4. The molecule has 136 valence electrons. The van der Waals surface area contributed by atoms with Crippen LogP contribution >= 0.6 is 23.4 Å². The fourth-order valence-corrected chi connectivity index (χ4v) is 3.60. The molecule has 0 radical (unpaired) electrons. The van der Waals surface area contributed by atoms with Gasteiger partial charge in [-0.1, -0.05) is 37.6 Å². The third-order valence-electron chi connectivity index (χ3n) is 4.03. The molecule has 0 fully saturated rings. The number of carbonyl (C=O) groups excluding carboxylic acids is 1. The summed E-state index contributed by atoms with van der Waals surface area (Å²) in [6, 6.07) is 11.6. The Morgan fingerprint density at radius 2 is 1.96 bits per heavy atom. The number of hydrogen-bond acceptors (Lipinski definition) is 4. The molecule has 0 aliphatic rings. The van der Waals surface area contributed by atoms with Crippen LogP contribution in [0.25, 0.3) is 0 Å². The van der Waals surface area contributed by atoms with Gasteiger partial charge in [-0.2, -0.15) is 0 Å². The first-order valence-corrected chi connectivity index (χ1v) is 10.0. The van der Waals surface area contributed by atoms with Crippen molar-refractivity contribution < 1.29 is 9.21 Å². The van der Waals surface area contributed by atoms with Gasteiger partial charge in [0.1, 0.15) is 5.76 Å². The number of nitrogens with zero attached hydrogens (tertiary/aromatic N) is 1. The highest BCUT2D eigenvalue weighted by Gasteiger charge is 2.21. The minimum Gasteiger partial charge on any atom is -0.468 e. The van der Waals surface area contributed by atoms with Crippen LogP contribution in [0.2, 0.25) is 5.02 Å². The molecule has 0 saturated heterocycles. The van der Waals surface area contributed by atoms with Crippen molar-refractivity contribution in [2.45, 2.75) is 25.6 Å². The van der Waals surface area contributed by atoms with E-state index in [1.165, 1.54) is 5.56 Å². The van der Waals surface area contributed by atoms with Gasteiger partial charge in [0.25, 0.3) is 0 Å². The summed E-state index contributed by atoms with van der Waals surface area (Å²) in [6.45, 7) is 6.59. The highest BCUT2D eigenvalue weighted by molar-refractivity contribution is 7.99. The molecular formula is C19H25ClN2O2S. The van der Waals surface area contributed by atoms with E-state index >= 15 is 0 Å². The van der Waals surface area contributed by atoms with Crippen LogP contribution in [-0.4, -0.2) is 36.2 Å². The van der Waals surface area contributed by atoms with Gasteiger partial charge in [-0.15, -0.1) is 11.8 Å². The summed E-state index contributed by atoms with van der Waals surface area (Å²) in [6.07, 6.45) is 1.68. The number of furan rings is 1.